The van der Waals surface area contributed by atoms with E-state index in [9.17, 15) is 8.42 Å². The molecule has 0 heterocycles. The van der Waals surface area contributed by atoms with Crippen LogP contribution in [0.1, 0.15) is 30.9 Å². The van der Waals surface area contributed by atoms with E-state index < -0.39 is 9.05 Å². The Morgan fingerprint density at radius 1 is 1.20 bits per heavy atom. The minimum atomic E-state index is -3.48. The van der Waals surface area contributed by atoms with E-state index in [-0.39, 0.29) is 12.4 Å². The average molecular weight is 321 g/mol. The van der Waals surface area contributed by atoms with E-state index in [1.54, 1.807) is 0 Å². The summed E-state index contributed by atoms with van der Waals surface area (Å²) in [6.45, 7) is 7.03. The molecular weight excluding hydrogens is 300 g/mol. The van der Waals surface area contributed by atoms with E-state index in [0.717, 1.165) is 16.9 Å². The SMILES string of the molecule is Cc1ccc(C(C)C)c(OCCOCCS(=O)(=O)Cl)c1. The van der Waals surface area contributed by atoms with Gasteiger partial charge in [-0.05, 0) is 30.0 Å². The predicted octanol–water partition coefficient (Wildman–Crippen LogP) is 3.08. The number of halogens is 1. The Labute approximate surface area is 125 Å². The lowest BCUT2D eigenvalue weighted by Crippen LogP contribution is -2.12. The molecule has 20 heavy (non-hydrogen) atoms. The van der Waals surface area contributed by atoms with Gasteiger partial charge in [0, 0.05) is 10.7 Å². The Morgan fingerprint density at radius 2 is 1.90 bits per heavy atom. The van der Waals surface area contributed by atoms with Crippen LogP contribution in [0.2, 0.25) is 0 Å². The molecule has 0 aliphatic heterocycles. The van der Waals surface area contributed by atoms with E-state index in [0.29, 0.717) is 19.1 Å². The van der Waals surface area contributed by atoms with Crippen LogP contribution >= 0.6 is 10.7 Å². The molecule has 0 spiro atoms. The molecule has 1 rings (SSSR count). The Kier molecular flexibility index (Phi) is 6.79. The zero-order valence-corrected chi connectivity index (χ0v) is 13.6. The first-order valence-corrected chi connectivity index (χ1v) is 9.01. The second-order valence-corrected chi connectivity index (χ2v) is 7.80. The molecule has 1 aromatic carbocycles. The van der Waals surface area contributed by atoms with E-state index in [1.807, 2.05) is 13.0 Å². The molecule has 0 N–H and O–H groups in total. The van der Waals surface area contributed by atoms with Gasteiger partial charge in [-0.15, -0.1) is 0 Å². The third kappa shape index (κ3) is 6.59. The van der Waals surface area contributed by atoms with Crippen LogP contribution in [0.5, 0.6) is 5.75 Å². The highest BCUT2D eigenvalue weighted by Gasteiger charge is 2.08. The van der Waals surface area contributed by atoms with Crippen molar-refractivity contribution in [2.24, 2.45) is 0 Å². The molecule has 0 bridgehead atoms. The van der Waals surface area contributed by atoms with Crippen molar-refractivity contribution in [2.45, 2.75) is 26.7 Å². The van der Waals surface area contributed by atoms with Gasteiger partial charge in [0.05, 0.1) is 19.0 Å². The van der Waals surface area contributed by atoms with Crippen LogP contribution in [-0.4, -0.2) is 34.0 Å². The smallest absolute Gasteiger partial charge is 0.234 e. The highest BCUT2D eigenvalue weighted by atomic mass is 35.7. The van der Waals surface area contributed by atoms with Crippen LogP contribution in [0, 0.1) is 6.92 Å². The summed E-state index contributed by atoms with van der Waals surface area (Å²) < 4.78 is 32.3. The van der Waals surface area contributed by atoms with Gasteiger partial charge in [0.25, 0.3) is 0 Å². The first-order chi connectivity index (χ1) is 9.29. The molecule has 0 atom stereocenters. The van der Waals surface area contributed by atoms with Crippen LogP contribution in [0.25, 0.3) is 0 Å². The van der Waals surface area contributed by atoms with Gasteiger partial charge in [0.1, 0.15) is 12.4 Å². The van der Waals surface area contributed by atoms with Crippen molar-refractivity contribution in [3.05, 3.63) is 29.3 Å². The summed E-state index contributed by atoms with van der Waals surface area (Å²) in [4.78, 5) is 0. The number of ether oxygens (including phenoxy) is 2. The molecule has 1 aromatic rings. The topological polar surface area (TPSA) is 52.6 Å². The van der Waals surface area contributed by atoms with Crippen LogP contribution in [-0.2, 0) is 13.8 Å². The van der Waals surface area contributed by atoms with Gasteiger partial charge in [-0.2, -0.15) is 0 Å². The first kappa shape index (κ1) is 17.3. The van der Waals surface area contributed by atoms with Crippen molar-refractivity contribution in [1.82, 2.24) is 0 Å². The van der Waals surface area contributed by atoms with Crippen molar-refractivity contribution in [1.29, 1.82) is 0 Å². The highest BCUT2D eigenvalue weighted by molar-refractivity contribution is 8.13. The maximum atomic E-state index is 10.7. The van der Waals surface area contributed by atoms with E-state index in [1.165, 1.54) is 0 Å². The normalized spacial score (nSPS) is 11.8. The second kappa shape index (κ2) is 7.86. The molecule has 0 unspecified atom stereocenters. The minimum Gasteiger partial charge on any atom is -0.491 e. The quantitative estimate of drug-likeness (QED) is 0.545. The maximum absolute atomic E-state index is 10.7. The van der Waals surface area contributed by atoms with Crippen molar-refractivity contribution >= 4 is 19.7 Å². The summed E-state index contributed by atoms with van der Waals surface area (Å²) in [7, 11) is 1.60. The van der Waals surface area contributed by atoms with Crippen molar-refractivity contribution < 1.29 is 17.9 Å². The van der Waals surface area contributed by atoms with Crippen LogP contribution in [0.3, 0.4) is 0 Å². The molecule has 0 aliphatic carbocycles. The van der Waals surface area contributed by atoms with E-state index >= 15 is 0 Å². The zero-order valence-electron chi connectivity index (χ0n) is 12.1. The Morgan fingerprint density at radius 3 is 2.50 bits per heavy atom. The van der Waals surface area contributed by atoms with Crippen LogP contribution < -0.4 is 4.74 Å². The molecule has 0 aromatic heterocycles. The van der Waals surface area contributed by atoms with Crippen molar-refractivity contribution in [2.75, 3.05) is 25.6 Å². The van der Waals surface area contributed by atoms with Crippen LogP contribution in [0.15, 0.2) is 18.2 Å². The van der Waals surface area contributed by atoms with Crippen molar-refractivity contribution in [3.63, 3.8) is 0 Å². The predicted molar refractivity (Wildman–Crippen MR) is 81.2 cm³/mol. The highest BCUT2D eigenvalue weighted by Crippen LogP contribution is 2.27. The largest absolute Gasteiger partial charge is 0.491 e. The molecule has 0 radical (unpaired) electrons. The van der Waals surface area contributed by atoms with Gasteiger partial charge in [0.2, 0.25) is 9.05 Å². The summed E-state index contributed by atoms with van der Waals surface area (Å²) in [5.41, 5.74) is 2.29. The zero-order chi connectivity index (χ0) is 15.2. The fourth-order valence-electron chi connectivity index (χ4n) is 1.71. The number of benzene rings is 1. The molecule has 0 saturated heterocycles. The average Bonchev–Trinajstić information content (AvgIpc) is 2.32. The lowest BCUT2D eigenvalue weighted by Gasteiger charge is -2.14. The van der Waals surface area contributed by atoms with Crippen LogP contribution in [0.4, 0.5) is 0 Å². The molecular formula is C14H21ClO4S. The number of aryl methyl sites for hydroxylation is 1. The lowest BCUT2D eigenvalue weighted by atomic mass is 10.0. The molecule has 0 saturated carbocycles. The fourth-order valence-corrected chi connectivity index (χ4v) is 2.22. The first-order valence-electron chi connectivity index (χ1n) is 6.53. The monoisotopic (exact) mass is 320 g/mol. The summed E-state index contributed by atoms with van der Waals surface area (Å²) >= 11 is 0. The summed E-state index contributed by atoms with van der Waals surface area (Å²) in [5.74, 6) is 1.05. The molecule has 0 amide bonds. The number of hydrogen-bond acceptors (Lipinski definition) is 4. The van der Waals surface area contributed by atoms with Gasteiger partial charge in [-0.25, -0.2) is 8.42 Å². The fraction of sp³-hybridized carbons (Fsp3) is 0.571. The molecule has 0 aliphatic rings. The van der Waals surface area contributed by atoms with Gasteiger partial charge in [0.15, 0.2) is 0 Å². The summed E-state index contributed by atoms with van der Waals surface area (Å²) in [5, 5.41) is 0. The van der Waals surface area contributed by atoms with Gasteiger partial charge in [-0.1, -0.05) is 26.0 Å². The molecule has 114 valence electrons. The minimum absolute atomic E-state index is 0.0834. The lowest BCUT2D eigenvalue weighted by molar-refractivity contribution is 0.111. The summed E-state index contributed by atoms with van der Waals surface area (Å²) in [6.07, 6.45) is 0. The second-order valence-electron chi connectivity index (χ2n) is 4.90. The maximum Gasteiger partial charge on any atom is 0.234 e. The van der Waals surface area contributed by atoms with E-state index in [2.05, 4.69) is 26.0 Å². The summed E-state index contributed by atoms with van der Waals surface area (Å²) in [6, 6.07) is 6.12. The Hall–Kier alpha value is -0.780. The number of hydrogen-bond donors (Lipinski definition) is 0. The molecule has 6 heteroatoms. The standard InChI is InChI=1S/C14H21ClO4S/c1-11(2)13-5-4-12(3)10-14(13)19-7-6-18-8-9-20(15,16)17/h4-5,10-11H,6-9H2,1-3H3. The van der Waals surface area contributed by atoms with Gasteiger partial charge in [-0.3, -0.25) is 0 Å². The number of rotatable bonds is 8. The molecule has 4 nitrogen and oxygen atoms in total. The van der Waals surface area contributed by atoms with E-state index in [4.69, 9.17) is 20.2 Å². The Balaban J connectivity index is 2.40. The van der Waals surface area contributed by atoms with Gasteiger partial charge < -0.3 is 9.47 Å². The van der Waals surface area contributed by atoms with Crippen molar-refractivity contribution in [3.8, 4) is 5.75 Å². The third-order valence-electron chi connectivity index (χ3n) is 2.75. The Bertz CT molecular complexity index is 526. The molecule has 0 fully saturated rings. The van der Waals surface area contributed by atoms with Gasteiger partial charge >= 0.3 is 0 Å². The third-order valence-corrected chi connectivity index (χ3v) is 3.87.